The van der Waals surface area contributed by atoms with Crippen LogP contribution in [0.25, 0.3) is 10.8 Å². The van der Waals surface area contributed by atoms with Gasteiger partial charge < -0.3 is 20.6 Å². The predicted octanol–water partition coefficient (Wildman–Crippen LogP) is 0.988. The molecule has 0 radical (unpaired) electrons. The molecule has 0 fully saturated rings. The van der Waals surface area contributed by atoms with Gasteiger partial charge in [0.05, 0.1) is 19.3 Å². The van der Waals surface area contributed by atoms with E-state index >= 15 is 0 Å². The van der Waals surface area contributed by atoms with E-state index in [0.717, 1.165) is 16.3 Å². The van der Waals surface area contributed by atoms with Crippen LogP contribution in [-0.2, 0) is 6.54 Å². The monoisotopic (exact) mass is 247 g/mol. The van der Waals surface area contributed by atoms with Crippen LogP contribution in [0.2, 0.25) is 0 Å². The molecule has 96 valence electrons. The molecule has 0 saturated heterocycles. The fourth-order valence-electron chi connectivity index (χ4n) is 1.94. The van der Waals surface area contributed by atoms with Crippen LogP contribution >= 0.6 is 0 Å². The van der Waals surface area contributed by atoms with Crippen LogP contribution in [0.4, 0.5) is 0 Å². The van der Waals surface area contributed by atoms with Crippen molar-refractivity contribution in [1.29, 1.82) is 0 Å². The molecule has 2 rings (SSSR count). The van der Waals surface area contributed by atoms with Crippen molar-refractivity contribution in [3.05, 3.63) is 42.0 Å². The predicted molar refractivity (Wildman–Crippen MR) is 70.4 cm³/mol. The zero-order valence-electron chi connectivity index (χ0n) is 10.0. The summed E-state index contributed by atoms with van der Waals surface area (Å²) in [6.45, 7) is 0.128. The van der Waals surface area contributed by atoms with Crippen LogP contribution in [0.5, 0.6) is 5.75 Å². The normalized spacial score (nSPS) is 11.3. The number of aromatic hydroxyl groups is 1. The number of phenolic OH excluding ortho intramolecular Hbond substituents is 1. The van der Waals surface area contributed by atoms with Crippen LogP contribution in [-0.4, -0.2) is 34.6 Å². The Morgan fingerprint density at radius 2 is 1.72 bits per heavy atom. The second kappa shape index (κ2) is 5.82. The molecule has 0 spiro atoms. The van der Waals surface area contributed by atoms with Crippen molar-refractivity contribution in [3.63, 3.8) is 0 Å². The minimum atomic E-state index is -0.372. The highest BCUT2D eigenvalue weighted by Gasteiger charge is 2.09. The molecule has 4 N–H and O–H groups in total. The van der Waals surface area contributed by atoms with Crippen molar-refractivity contribution in [2.45, 2.75) is 12.6 Å². The second-order valence-corrected chi connectivity index (χ2v) is 4.23. The van der Waals surface area contributed by atoms with Gasteiger partial charge in [0.25, 0.3) is 0 Å². The summed E-state index contributed by atoms with van der Waals surface area (Å²) in [7, 11) is 0. The zero-order chi connectivity index (χ0) is 13.0. The van der Waals surface area contributed by atoms with E-state index in [2.05, 4.69) is 5.32 Å². The number of benzene rings is 2. The summed E-state index contributed by atoms with van der Waals surface area (Å²) in [5, 5.41) is 32.9. The zero-order valence-corrected chi connectivity index (χ0v) is 10.0. The first-order chi connectivity index (χ1) is 8.76. The van der Waals surface area contributed by atoms with Gasteiger partial charge in [0.15, 0.2) is 0 Å². The average molecular weight is 247 g/mol. The number of rotatable bonds is 5. The molecule has 0 bridgehead atoms. The van der Waals surface area contributed by atoms with Crippen molar-refractivity contribution in [2.75, 3.05) is 13.2 Å². The fourth-order valence-corrected chi connectivity index (χ4v) is 1.94. The van der Waals surface area contributed by atoms with E-state index in [1.807, 2.05) is 30.3 Å². The van der Waals surface area contributed by atoms with Gasteiger partial charge in [-0.3, -0.25) is 0 Å². The van der Waals surface area contributed by atoms with Crippen molar-refractivity contribution in [3.8, 4) is 5.75 Å². The average Bonchev–Trinajstić information content (AvgIpc) is 2.42. The molecule has 0 aliphatic rings. The van der Waals surface area contributed by atoms with E-state index < -0.39 is 0 Å². The highest BCUT2D eigenvalue weighted by Crippen LogP contribution is 2.26. The van der Waals surface area contributed by atoms with Gasteiger partial charge in [0, 0.05) is 12.1 Å². The summed E-state index contributed by atoms with van der Waals surface area (Å²) in [6, 6.07) is 10.9. The third-order valence-corrected chi connectivity index (χ3v) is 3.02. The number of phenols is 1. The van der Waals surface area contributed by atoms with Crippen LogP contribution in [0.1, 0.15) is 5.56 Å². The number of hydrogen-bond donors (Lipinski definition) is 4. The van der Waals surface area contributed by atoms with Gasteiger partial charge in [-0.25, -0.2) is 0 Å². The van der Waals surface area contributed by atoms with Crippen molar-refractivity contribution in [1.82, 2.24) is 5.32 Å². The Balaban J connectivity index is 2.29. The molecule has 0 heterocycles. The summed E-state index contributed by atoms with van der Waals surface area (Å²) < 4.78 is 0. The van der Waals surface area contributed by atoms with Crippen LogP contribution < -0.4 is 5.32 Å². The largest absolute Gasteiger partial charge is 0.508 e. The first kappa shape index (κ1) is 12.8. The highest BCUT2D eigenvalue weighted by molar-refractivity contribution is 5.87. The highest BCUT2D eigenvalue weighted by atomic mass is 16.3. The van der Waals surface area contributed by atoms with E-state index in [1.165, 1.54) is 0 Å². The first-order valence-corrected chi connectivity index (χ1v) is 5.91. The standard InChI is InChI=1S/C14H17NO3/c16-8-11(9-17)15-7-13-12-4-2-1-3-10(12)5-6-14(13)18/h1-6,11,15-18H,7-9H2. The molecule has 2 aromatic carbocycles. The molecule has 0 saturated carbocycles. The molecule has 4 heteroatoms. The van der Waals surface area contributed by atoms with Crippen molar-refractivity contribution < 1.29 is 15.3 Å². The molecule has 4 nitrogen and oxygen atoms in total. The molecule has 0 aliphatic heterocycles. The van der Waals surface area contributed by atoms with Crippen LogP contribution in [0.15, 0.2) is 36.4 Å². The third kappa shape index (κ3) is 2.61. The van der Waals surface area contributed by atoms with Gasteiger partial charge in [-0.1, -0.05) is 30.3 Å². The molecule has 0 aliphatic carbocycles. The minimum Gasteiger partial charge on any atom is -0.508 e. The molecule has 0 unspecified atom stereocenters. The molecule has 0 atom stereocenters. The Hall–Kier alpha value is -1.62. The molecular formula is C14H17NO3. The smallest absolute Gasteiger partial charge is 0.120 e. The number of nitrogens with one attached hydrogen (secondary N) is 1. The second-order valence-electron chi connectivity index (χ2n) is 4.23. The summed E-state index contributed by atoms with van der Waals surface area (Å²) in [6.07, 6.45) is 0. The lowest BCUT2D eigenvalue weighted by Gasteiger charge is -2.15. The summed E-state index contributed by atoms with van der Waals surface area (Å²) >= 11 is 0. The lowest BCUT2D eigenvalue weighted by molar-refractivity contribution is 0.170. The maximum absolute atomic E-state index is 9.90. The molecule has 0 amide bonds. The topological polar surface area (TPSA) is 72.7 Å². The van der Waals surface area contributed by atoms with Crippen LogP contribution in [0, 0.1) is 0 Å². The lowest BCUT2D eigenvalue weighted by Crippen LogP contribution is -2.35. The lowest BCUT2D eigenvalue weighted by atomic mass is 10.0. The van der Waals surface area contributed by atoms with Gasteiger partial charge in [-0.05, 0) is 16.8 Å². The van der Waals surface area contributed by atoms with E-state index in [9.17, 15) is 5.11 Å². The Morgan fingerprint density at radius 1 is 1.00 bits per heavy atom. The van der Waals surface area contributed by atoms with E-state index in [0.29, 0.717) is 6.54 Å². The third-order valence-electron chi connectivity index (χ3n) is 3.02. The van der Waals surface area contributed by atoms with Crippen molar-refractivity contribution in [2.24, 2.45) is 0 Å². The van der Waals surface area contributed by atoms with E-state index in [1.54, 1.807) is 6.07 Å². The fraction of sp³-hybridized carbons (Fsp3) is 0.286. The van der Waals surface area contributed by atoms with Gasteiger partial charge in [-0.15, -0.1) is 0 Å². The summed E-state index contributed by atoms with van der Waals surface area (Å²) in [5.41, 5.74) is 0.778. The molecular weight excluding hydrogens is 230 g/mol. The number of aliphatic hydroxyl groups is 2. The summed E-state index contributed by atoms with van der Waals surface area (Å²) in [5.74, 6) is 0.218. The van der Waals surface area contributed by atoms with E-state index in [4.69, 9.17) is 10.2 Å². The number of hydrogen-bond acceptors (Lipinski definition) is 4. The maximum Gasteiger partial charge on any atom is 0.120 e. The molecule has 2 aromatic rings. The molecule has 0 aromatic heterocycles. The quantitative estimate of drug-likeness (QED) is 0.636. The first-order valence-electron chi connectivity index (χ1n) is 5.91. The number of fused-ring (bicyclic) bond motifs is 1. The summed E-state index contributed by atoms with van der Waals surface area (Å²) in [4.78, 5) is 0. The Labute approximate surface area is 106 Å². The van der Waals surface area contributed by atoms with Gasteiger partial charge in [0.2, 0.25) is 0 Å². The van der Waals surface area contributed by atoms with Crippen LogP contribution in [0.3, 0.4) is 0 Å². The van der Waals surface area contributed by atoms with Gasteiger partial charge in [0.1, 0.15) is 5.75 Å². The Morgan fingerprint density at radius 3 is 2.44 bits per heavy atom. The van der Waals surface area contributed by atoms with Gasteiger partial charge in [-0.2, -0.15) is 0 Å². The van der Waals surface area contributed by atoms with Gasteiger partial charge >= 0.3 is 0 Å². The SMILES string of the molecule is OCC(CO)NCc1c(O)ccc2ccccc12. The Kier molecular flexibility index (Phi) is 4.15. The Bertz CT molecular complexity index is 523. The number of aliphatic hydroxyl groups excluding tert-OH is 2. The van der Waals surface area contributed by atoms with E-state index in [-0.39, 0.29) is 25.0 Å². The minimum absolute atomic E-state index is 0.137. The van der Waals surface area contributed by atoms with Crippen molar-refractivity contribution >= 4 is 10.8 Å². The maximum atomic E-state index is 9.90. The molecule has 18 heavy (non-hydrogen) atoms.